The summed E-state index contributed by atoms with van der Waals surface area (Å²) < 4.78 is 25.5. The molecule has 2 heterocycles. The van der Waals surface area contributed by atoms with Crippen molar-refractivity contribution in [1.29, 1.82) is 0 Å². The number of piperidine rings is 1. The van der Waals surface area contributed by atoms with Crippen LogP contribution in [0.25, 0.3) is 17.2 Å². The van der Waals surface area contributed by atoms with E-state index in [1.54, 1.807) is 6.08 Å². The molecule has 0 aliphatic carbocycles. The van der Waals surface area contributed by atoms with E-state index in [4.69, 9.17) is 9.15 Å². The molecule has 1 aromatic heterocycles. The minimum absolute atomic E-state index is 0.0284. The SMILES string of the molecule is CCOC=Cc1ccc(F)c2c1oc(=O)n2C1CCC(=O)NC1=O. The van der Waals surface area contributed by atoms with Crippen molar-refractivity contribution in [3.8, 4) is 0 Å². The van der Waals surface area contributed by atoms with Crippen molar-refractivity contribution in [2.24, 2.45) is 0 Å². The Morgan fingerprint density at radius 2 is 2.21 bits per heavy atom. The zero-order valence-corrected chi connectivity index (χ0v) is 12.9. The molecule has 0 saturated carbocycles. The van der Waals surface area contributed by atoms with Gasteiger partial charge in [0.15, 0.2) is 11.4 Å². The molecule has 126 valence electrons. The van der Waals surface area contributed by atoms with Gasteiger partial charge in [-0.1, -0.05) is 0 Å². The molecule has 0 radical (unpaired) electrons. The van der Waals surface area contributed by atoms with Gasteiger partial charge < -0.3 is 9.15 Å². The Kier molecular flexibility index (Phi) is 4.20. The first-order valence-electron chi connectivity index (χ1n) is 7.48. The molecule has 1 fully saturated rings. The molecule has 2 aromatic rings. The van der Waals surface area contributed by atoms with E-state index in [0.29, 0.717) is 12.2 Å². The molecule has 3 rings (SSSR count). The normalized spacial score (nSPS) is 18.3. The fourth-order valence-corrected chi connectivity index (χ4v) is 2.68. The highest BCUT2D eigenvalue weighted by Crippen LogP contribution is 2.27. The van der Waals surface area contributed by atoms with Gasteiger partial charge in [0.2, 0.25) is 11.8 Å². The zero-order valence-electron chi connectivity index (χ0n) is 12.9. The number of ether oxygens (including phenoxy) is 1. The van der Waals surface area contributed by atoms with Crippen LogP contribution in [-0.4, -0.2) is 23.0 Å². The molecule has 8 heteroatoms. The van der Waals surface area contributed by atoms with Gasteiger partial charge in [-0.2, -0.15) is 0 Å². The number of amides is 2. The molecule has 0 bridgehead atoms. The Morgan fingerprint density at radius 3 is 2.92 bits per heavy atom. The molecule has 1 aliphatic rings. The van der Waals surface area contributed by atoms with E-state index >= 15 is 0 Å². The standard InChI is InChI=1S/C16H15FN2O5/c1-2-23-8-7-9-3-4-10(17)13-14(9)24-16(22)19(13)11-5-6-12(20)18-15(11)21/h3-4,7-8,11H,2,5-6H2,1H3,(H,18,20,21). The quantitative estimate of drug-likeness (QED) is 0.679. The maximum Gasteiger partial charge on any atom is 0.420 e. The highest BCUT2D eigenvalue weighted by molar-refractivity contribution is 6.00. The largest absolute Gasteiger partial charge is 0.501 e. The summed E-state index contributed by atoms with van der Waals surface area (Å²) >= 11 is 0. The van der Waals surface area contributed by atoms with Crippen LogP contribution in [0.1, 0.15) is 31.4 Å². The Balaban J connectivity index is 2.14. The third-order valence-corrected chi connectivity index (χ3v) is 3.77. The number of hydrogen-bond donors (Lipinski definition) is 1. The molecule has 1 aromatic carbocycles. The fraction of sp³-hybridized carbons (Fsp3) is 0.312. The second kappa shape index (κ2) is 6.31. The van der Waals surface area contributed by atoms with Gasteiger partial charge in [0, 0.05) is 12.0 Å². The first kappa shape index (κ1) is 16.0. The van der Waals surface area contributed by atoms with Crippen molar-refractivity contribution in [2.45, 2.75) is 25.8 Å². The van der Waals surface area contributed by atoms with Crippen LogP contribution in [0.5, 0.6) is 0 Å². The summed E-state index contributed by atoms with van der Waals surface area (Å²) in [7, 11) is 0. The molecule has 1 atom stereocenters. The van der Waals surface area contributed by atoms with Gasteiger partial charge in [0.25, 0.3) is 0 Å². The molecule has 24 heavy (non-hydrogen) atoms. The predicted octanol–water partition coefficient (Wildman–Crippen LogP) is 1.72. The summed E-state index contributed by atoms with van der Waals surface area (Å²) in [6.45, 7) is 2.27. The van der Waals surface area contributed by atoms with Gasteiger partial charge in [0.05, 0.1) is 12.9 Å². The molecule has 7 nitrogen and oxygen atoms in total. The average Bonchev–Trinajstić information content (AvgIpc) is 2.88. The smallest absolute Gasteiger partial charge is 0.420 e. The van der Waals surface area contributed by atoms with E-state index in [0.717, 1.165) is 4.57 Å². The maximum absolute atomic E-state index is 14.3. The van der Waals surface area contributed by atoms with Crippen LogP contribution in [0.15, 0.2) is 27.6 Å². The summed E-state index contributed by atoms with van der Waals surface area (Å²) in [5, 5.41) is 2.15. The number of nitrogens with zero attached hydrogens (tertiary/aromatic N) is 1. The Morgan fingerprint density at radius 1 is 1.42 bits per heavy atom. The zero-order chi connectivity index (χ0) is 17.3. The highest BCUT2D eigenvalue weighted by atomic mass is 19.1. The monoisotopic (exact) mass is 334 g/mol. The number of hydrogen-bond acceptors (Lipinski definition) is 5. The molecular formula is C16H15FN2O5. The number of benzene rings is 1. The van der Waals surface area contributed by atoms with Crippen LogP contribution in [0.3, 0.4) is 0 Å². The number of carbonyl (C=O) groups excluding carboxylic acids is 2. The number of oxazole rings is 1. The fourth-order valence-electron chi connectivity index (χ4n) is 2.68. The summed E-state index contributed by atoms with van der Waals surface area (Å²) in [6, 6.07) is 1.65. The second-order valence-electron chi connectivity index (χ2n) is 5.28. The van der Waals surface area contributed by atoms with E-state index in [1.165, 1.54) is 18.4 Å². The van der Waals surface area contributed by atoms with E-state index in [1.807, 2.05) is 6.92 Å². The lowest BCUT2D eigenvalue weighted by atomic mass is 10.1. The first-order chi connectivity index (χ1) is 11.5. The summed E-state index contributed by atoms with van der Waals surface area (Å²) in [4.78, 5) is 35.5. The van der Waals surface area contributed by atoms with E-state index < -0.39 is 29.4 Å². The van der Waals surface area contributed by atoms with E-state index in [-0.39, 0.29) is 23.9 Å². The summed E-state index contributed by atoms with van der Waals surface area (Å²) in [5.41, 5.74) is 0.372. The second-order valence-corrected chi connectivity index (χ2v) is 5.28. The summed E-state index contributed by atoms with van der Waals surface area (Å²) in [5.74, 6) is -2.60. The first-order valence-corrected chi connectivity index (χ1v) is 7.48. The molecule has 1 aliphatic heterocycles. The molecule has 1 N–H and O–H groups in total. The predicted molar refractivity (Wildman–Crippen MR) is 82.5 cm³/mol. The maximum atomic E-state index is 14.3. The number of carbonyl (C=O) groups is 2. The van der Waals surface area contributed by atoms with Crippen LogP contribution in [-0.2, 0) is 14.3 Å². The van der Waals surface area contributed by atoms with Gasteiger partial charge in [-0.15, -0.1) is 0 Å². The molecule has 1 unspecified atom stereocenters. The van der Waals surface area contributed by atoms with Gasteiger partial charge in [0.1, 0.15) is 11.6 Å². The lowest BCUT2D eigenvalue weighted by Gasteiger charge is -2.21. The molecular weight excluding hydrogens is 319 g/mol. The number of imide groups is 1. The molecule has 1 saturated heterocycles. The number of rotatable bonds is 4. The number of halogens is 1. The number of fused-ring (bicyclic) bond motifs is 1. The Bertz CT molecular complexity index is 896. The van der Waals surface area contributed by atoms with Crippen LogP contribution in [0, 0.1) is 5.82 Å². The minimum Gasteiger partial charge on any atom is -0.501 e. The molecule has 2 amide bonds. The lowest BCUT2D eigenvalue weighted by molar-refractivity contribution is -0.135. The van der Waals surface area contributed by atoms with Crippen molar-refractivity contribution in [3.05, 3.63) is 40.3 Å². The van der Waals surface area contributed by atoms with Gasteiger partial charge in [-0.3, -0.25) is 19.5 Å². The Hall–Kier alpha value is -2.90. The van der Waals surface area contributed by atoms with Gasteiger partial charge in [-0.05, 0) is 31.6 Å². The third kappa shape index (κ3) is 2.70. The van der Waals surface area contributed by atoms with Crippen molar-refractivity contribution in [3.63, 3.8) is 0 Å². The lowest BCUT2D eigenvalue weighted by Crippen LogP contribution is -2.43. The van der Waals surface area contributed by atoms with Gasteiger partial charge >= 0.3 is 5.76 Å². The van der Waals surface area contributed by atoms with Crippen LogP contribution in [0.2, 0.25) is 0 Å². The minimum atomic E-state index is -0.989. The third-order valence-electron chi connectivity index (χ3n) is 3.77. The van der Waals surface area contributed by atoms with Gasteiger partial charge in [-0.25, -0.2) is 9.18 Å². The molecule has 0 spiro atoms. The van der Waals surface area contributed by atoms with Crippen molar-refractivity contribution >= 4 is 29.0 Å². The van der Waals surface area contributed by atoms with Crippen LogP contribution >= 0.6 is 0 Å². The number of nitrogens with one attached hydrogen (secondary N) is 1. The van der Waals surface area contributed by atoms with Crippen LogP contribution in [0.4, 0.5) is 4.39 Å². The summed E-state index contributed by atoms with van der Waals surface area (Å²) in [6.07, 6.45) is 3.14. The van der Waals surface area contributed by atoms with Crippen molar-refractivity contribution in [2.75, 3.05) is 6.61 Å². The van der Waals surface area contributed by atoms with Crippen LogP contribution < -0.4 is 11.1 Å². The van der Waals surface area contributed by atoms with E-state index in [9.17, 15) is 18.8 Å². The van der Waals surface area contributed by atoms with Crippen molar-refractivity contribution in [1.82, 2.24) is 9.88 Å². The van der Waals surface area contributed by atoms with Crippen molar-refractivity contribution < 1.29 is 23.1 Å². The topological polar surface area (TPSA) is 90.5 Å². The highest BCUT2D eigenvalue weighted by Gasteiger charge is 2.32. The number of aromatic nitrogens is 1. The van der Waals surface area contributed by atoms with E-state index in [2.05, 4.69) is 5.32 Å². The average molecular weight is 334 g/mol. The Labute approximate surface area is 135 Å².